The van der Waals surface area contributed by atoms with Crippen molar-refractivity contribution in [2.45, 2.75) is 24.9 Å². The monoisotopic (exact) mass is 280 g/mol. The van der Waals surface area contributed by atoms with Gasteiger partial charge in [0.2, 0.25) is 5.91 Å². The standard InChI is InChI=1S/C14H20N2O4/c1-20-9-12(14(18)19)16-13(17)11(15)8-7-10-5-3-2-4-6-10/h2-6,11-12H,7-9,15H2,1H3,(H,16,17)(H,18,19). The van der Waals surface area contributed by atoms with Gasteiger partial charge in [0.1, 0.15) is 0 Å². The summed E-state index contributed by atoms with van der Waals surface area (Å²) in [6.45, 7) is -0.0908. The summed E-state index contributed by atoms with van der Waals surface area (Å²) < 4.78 is 4.74. The molecule has 1 rings (SSSR count). The van der Waals surface area contributed by atoms with Crippen molar-refractivity contribution >= 4 is 11.9 Å². The first kappa shape index (κ1) is 16.1. The van der Waals surface area contributed by atoms with Gasteiger partial charge >= 0.3 is 5.97 Å². The van der Waals surface area contributed by atoms with Crippen LogP contribution in [0.4, 0.5) is 0 Å². The number of ether oxygens (including phenoxy) is 1. The second kappa shape index (κ2) is 8.29. The number of carboxylic acid groups (broad SMARTS) is 1. The van der Waals surface area contributed by atoms with Crippen molar-refractivity contribution in [1.29, 1.82) is 0 Å². The van der Waals surface area contributed by atoms with Crippen LogP contribution in [0.3, 0.4) is 0 Å². The lowest BCUT2D eigenvalue weighted by Gasteiger charge is -2.17. The molecule has 110 valence electrons. The van der Waals surface area contributed by atoms with Crippen molar-refractivity contribution in [3.8, 4) is 0 Å². The normalized spacial score (nSPS) is 13.5. The molecule has 4 N–H and O–H groups in total. The molecule has 0 aliphatic heterocycles. The first-order valence-electron chi connectivity index (χ1n) is 6.36. The minimum absolute atomic E-state index is 0.0908. The average molecular weight is 280 g/mol. The molecule has 0 heterocycles. The number of benzene rings is 1. The lowest BCUT2D eigenvalue weighted by molar-refractivity contribution is -0.143. The molecule has 0 aliphatic carbocycles. The van der Waals surface area contributed by atoms with Crippen LogP contribution in [0.5, 0.6) is 0 Å². The zero-order chi connectivity index (χ0) is 15.0. The lowest BCUT2D eigenvalue weighted by Crippen LogP contribution is -2.50. The molecular formula is C14H20N2O4. The average Bonchev–Trinajstić information content (AvgIpc) is 2.45. The van der Waals surface area contributed by atoms with E-state index >= 15 is 0 Å². The number of hydrogen-bond donors (Lipinski definition) is 3. The topological polar surface area (TPSA) is 102 Å². The number of carbonyl (C=O) groups excluding carboxylic acids is 1. The number of methoxy groups -OCH3 is 1. The fraction of sp³-hybridized carbons (Fsp3) is 0.429. The number of nitrogens with one attached hydrogen (secondary N) is 1. The van der Waals surface area contributed by atoms with Gasteiger partial charge in [-0.1, -0.05) is 30.3 Å². The number of nitrogens with two attached hydrogens (primary N) is 1. The Hall–Kier alpha value is -1.92. The van der Waals surface area contributed by atoms with Gasteiger partial charge in [0.25, 0.3) is 0 Å². The number of carbonyl (C=O) groups is 2. The van der Waals surface area contributed by atoms with Gasteiger partial charge in [-0.15, -0.1) is 0 Å². The molecule has 6 heteroatoms. The highest BCUT2D eigenvalue weighted by molar-refractivity contribution is 5.86. The van der Waals surface area contributed by atoms with Crippen molar-refractivity contribution < 1.29 is 19.4 Å². The van der Waals surface area contributed by atoms with Gasteiger partial charge in [0.15, 0.2) is 6.04 Å². The van der Waals surface area contributed by atoms with E-state index in [0.29, 0.717) is 12.8 Å². The number of rotatable bonds is 8. The maximum Gasteiger partial charge on any atom is 0.328 e. The van der Waals surface area contributed by atoms with Gasteiger partial charge in [-0.25, -0.2) is 4.79 Å². The van der Waals surface area contributed by atoms with Crippen LogP contribution in [0.15, 0.2) is 30.3 Å². The number of amides is 1. The molecule has 6 nitrogen and oxygen atoms in total. The van der Waals surface area contributed by atoms with Gasteiger partial charge in [-0.3, -0.25) is 4.79 Å². The van der Waals surface area contributed by atoms with Gasteiger partial charge in [0, 0.05) is 7.11 Å². The minimum Gasteiger partial charge on any atom is -0.480 e. The molecule has 1 aromatic rings. The fourth-order valence-electron chi connectivity index (χ4n) is 1.72. The Balaban J connectivity index is 2.44. The summed E-state index contributed by atoms with van der Waals surface area (Å²) in [6.07, 6.45) is 1.12. The molecule has 20 heavy (non-hydrogen) atoms. The van der Waals surface area contributed by atoms with E-state index in [1.165, 1.54) is 7.11 Å². The highest BCUT2D eigenvalue weighted by atomic mass is 16.5. The Bertz CT molecular complexity index is 436. The van der Waals surface area contributed by atoms with Gasteiger partial charge in [-0.05, 0) is 18.4 Å². The van der Waals surface area contributed by atoms with E-state index in [1.807, 2.05) is 30.3 Å². The van der Waals surface area contributed by atoms with Crippen molar-refractivity contribution in [3.63, 3.8) is 0 Å². The highest BCUT2D eigenvalue weighted by Gasteiger charge is 2.22. The van der Waals surface area contributed by atoms with Gasteiger partial charge in [0.05, 0.1) is 12.6 Å². The molecule has 0 spiro atoms. The van der Waals surface area contributed by atoms with Crippen LogP contribution in [0.25, 0.3) is 0 Å². The number of carboxylic acids is 1. The van der Waals surface area contributed by atoms with E-state index in [0.717, 1.165) is 5.56 Å². The Morgan fingerprint density at radius 1 is 1.35 bits per heavy atom. The zero-order valence-corrected chi connectivity index (χ0v) is 11.4. The molecule has 1 amide bonds. The smallest absolute Gasteiger partial charge is 0.328 e. The molecule has 0 radical (unpaired) electrons. The first-order chi connectivity index (χ1) is 9.54. The van der Waals surface area contributed by atoms with E-state index in [2.05, 4.69) is 5.32 Å². The van der Waals surface area contributed by atoms with Gasteiger partial charge < -0.3 is 20.9 Å². The van der Waals surface area contributed by atoms with Gasteiger partial charge in [-0.2, -0.15) is 0 Å². The van der Waals surface area contributed by atoms with Crippen LogP contribution in [-0.4, -0.2) is 42.8 Å². The van der Waals surface area contributed by atoms with E-state index < -0.39 is 24.0 Å². The molecule has 2 atom stereocenters. The number of aliphatic carboxylic acids is 1. The summed E-state index contributed by atoms with van der Waals surface area (Å²) in [4.78, 5) is 22.7. The van der Waals surface area contributed by atoms with Crippen LogP contribution in [0, 0.1) is 0 Å². The van der Waals surface area contributed by atoms with Crippen LogP contribution >= 0.6 is 0 Å². The molecule has 0 fully saturated rings. The molecular weight excluding hydrogens is 260 g/mol. The van der Waals surface area contributed by atoms with Crippen LogP contribution < -0.4 is 11.1 Å². The highest BCUT2D eigenvalue weighted by Crippen LogP contribution is 2.04. The third-order valence-corrected chi connectivity index (χ3v) is 2.87. The van der Waals surface area contributed by atoms with E-state index in [-0.39, 0.29) is 6.61 Å². The Morgan fingerprint density at radius 3 is 2.55 bits per heavy atom. The molecule has 2 unspecified atom stereocenters. The predicted molar refractivity (Wildman–Crippen MR) is 74.2 cm³/mol. The number of hydrogen-bond acceptors (Lipinski definition) is 4. The molecule has 1 aromatic carbocycles. The van der Waals surface area contributed by atoms with E-state index in [9.17, 15) is 9.59 Å². The minimum atomic E-state index is -1.14. The van der Waals surface area contributed by atoms with Crippen LogP contribution in [-0.2, 0) is 20.7 Å². The summed E-state index contributed by atoms with van der Waals surface area (Å²) >= 11 is 0. The summed E-state index contributed by atoms with van der Waals surface area (Å²) in [7, 11) is 1.37. The second-order valence-electron chi connectivity index (χ2n) is 4.49. The van der Waals surface area contributed by atoms with E-state index in [4.69, 9.17) is 15.6 Å². The molecule has 0 aliphatic rings. The maximum absolute atomic E-state index is 11.8. The lowest BCUT2D eigenvalue weighted by atomic mass is 10.1. The second-order valence-corrected chi connectivity index (χ2v) is 4.49. The largest absolute Gasteiger partial charge is 0.480 e. The maximum atomic E-state index is 11.8. The molecule has 0 bridgehead atoms. The van der Waals surface area contributed by atoms with Crippen molar-refractivity contribution in [2.75, 3.05) is 13.7 Å². The summed E-state index contributed by atoms with van der Waals surface area (Å²) in [6, 6.07) is 7.84. The first-order valence-corrected chi connectivity index (χ1v) is 6.36. The Kier molecular flexibility index (Phi) is 6.69. The number of aryl methyl sites for hydroxylation is 1. The Labute approximate surface area is 117 Å². The van der Waals surface area contributed by atoms with Crippen LogP contribution in [0.2, 0.25) is 0 Å². The molecule has 0 aromatic heterocycles. The van der Waals surface area contributed by atoms with Crippen LogP contribution in [0.1, 0.15) is 12.0 Å². The third kappa shape index (κ3) is 5.38. The van der Waals surface area contributed by atoms with Crippen molar-refractivity contribution in [1.82, 2.24) is 5.32 Å². The molecule has 0 saturated carbocycles. The Morgan fingerprint density at radius 2 is 2.00 bits per heavy atom. The third-order valence-electron chi connectivity index (χ3n) is 2.87. The molecule has 0 saturated heterocycles. The quantitative estimate of drug-likeness (QED) is 0.629. The summed E-state index contributed by atoms with van der Waals surface area (Å²) in [5, 5.41) is 11.3. The van der Waals surface area contributed by atoms with Crippen molar-refractivity contribution in [2.24, 2.45) is 5.73 Å². The summed E-state index contributed by atoms with van der Waals surface area (Å²) in [5.41, 5.74) is 6.85. The SMILES string of the molecule is COCC(NC(=O)C(N)CCc1ccccc1)C(=O)O. The van der Waals surface area contributed by atoms with Crippen molar-refractivity contribution in [3.05, 3.63) is 35.9 Å². The fourth-order valence-corrected chi connectivity index (χ4v) is 1.72. The zero-order valence-electron chi connectivity index (χ0n) is 11.4. The summed E-state index contributed by atoms with van der Waals surface area (Å²) in [5.74, 6) is -1.62. The predicted octanol–water partition coefficient (Wildman–Crippen LogP) is 0.162. The van der Waals surface area contributed by atoms with E-state index in [1.54, 1.807) is 0 Å².